The highest BCUT2D eigenvalue weighted by Crippen LogP contribution is 2.32. The fraction of sp³-hybridized carbons (Fsp3) is 0.278. The lowest BCUT2D eigenvalue weighted by Crippen LogP contribution is -2.20. The quantitative estimate of drug-likeness (QED) is 0.858. The Labute approximate surface area is 140 Å². The van der Waals surface area contributed by atoms with Crippen LogP contribution in [0.15, 0.2) is 36.4 Å². The van der Waals surface area contributed by atoms with E-state index < -0.39 is 0 Å². The average Bonchev–Trinajstić information content (AvgIpc) is 2.54. The second kappa shape index (κ2) is 7.01. The topological polar surface area (TPSA) is 45.5 Å². The highest BCUT2D eigenvalue weighted by Gasteiger charge is 2.17. The number of rotatable bonds is 4. The van der Waals surface area contributed by atoms with Crippen LogP contribution in [0.2, 0.25) is 5.02 Å². The molecule has 0 aliphatic carbocycles. The Bertz CT molecular complexity index is 755. The van der Waals surface area contributed by atoms with Crippen LogP contribution in [-0.2, 0) is 24.4 Å². The minimum atomic E-state index is 0.273. The number of hydrogen-bond donors (Lipinski definition) is 0. The van der Waals surface area contributed by atoms with Crippen molar-refractivity contribution in [2.24, 2.45) is 0 Å². The highest BCUT2D eigenvalue weighted by atomic mass is 35.5. The lowest BCUT2D eigenvalue weighted by atomic mass is 10.1. The fourth-order valence-corrected chi connectivity index (χ4v) is 3.04. The summed E-state index contributed by atoms with van der Waals surface area (Å²) in [6.07, 6.45) is 0. The van der Waals surface area contributed by atoms with E-state index >= 15 is 0 Å². The maximum atomic E-state index is 8.99. The summed E-state index contributed by atoms with van der Waals surface area (Å²) in [5.41, 5.74) is 3.82. The number of halogens is 1. The Morgan fingerprint density at radius 3 is 2.96 bits per heavy atom. The molecule has 1 heterocycles. The van der Waals surface area contributed by atoms with Crippen molar-refractivity contribution in [1.29, 1.82) is 5.26 Å². The molecule has 0 N–H and O–H groups in total. The monoisotopic (exact) mass is 328 g/mol. The van der Waals surface area contributed by atoms with Gasteiger partial charge in [0, 0.05) is 29.2 Å². The third-order valence-corrected chi connectivity index (χ3v) is 3.92. The number of benzene rings is 2. The molecule has 5 heteroatoms. The lowest BCUT2D eigenvalue weighted by Gasteiger charge is -2.24. The van der Waals surface area contributed by atoms with Gasteiger partial charge < -0.3 is 9.47 Å². The fourth-order valence-electron chi connectivity index (χ4n) is 2.77. The lowest BCUT2D eigenvalue weighted by molar-refractivity contribution is -0.0174. The van der Waals surface area contributed by atoms with Crippen LogP contribution in [0.4, 0.5) is 0 Å². The molecule has 0 saturated heterocycles. The van der Waals surface area contributed by atoms with E-state index in [4.69, 9.17) is 26.3 Å². The normalized spacial score (nSPS) is 13.3. The zero-order chi connectivity index (χ0) is 16.2. The van der Waals surface area contributed by atoms with E-state index in [9.17, 15) is 0 Å². The molecular formula is C18H17ClN2O2. The van der Waals surface area contributed by atoms with Crippen LogP contribution in [0.3, 0.4) is 0 Å². The van der Waals surface area contributed by atoms with Gasteiger partial charge in [0.1, 0.15) is 5.75 Å². The SMILES string of the molecule is CN(Cc1cccc(C#N)c1)Cc1cc(Cl)cc2c1OCOC2. The van der Waals surface area contributed by atoms with Gasteiger partial charge in [-0.1, -0.05) is 23.7 Å². The van der Waals surface area contributed by atoms with Crippen LogP contribution in [0, 0.1) is 11.3 Å². The van der Waals surface area contributed by atoms with E-state index in [1.54, 1.807) is 0 Å². The van der Waals surface area contributed by atoms with Gasteiger partial charge in [0.15, 0.2) is 6.79 Å². The molecule has 0 aromatic heterocycles. The maximum absolute atomic E-state index is 8.99. The van der Waals surface area contributed by atoms with Gasteiger partial charge in [0.2, 0.25) is 0 Å². The van der Waals surface area contributed by atoms with E-state index in [2.05, 4.69) is 11.0 Å². The van der Waals surface area contributed by atoms with Gasteiger partial charge in [-0.25, -0.2) is 0 Å². The van der Waals surface area contributed by atoms with Gasteiger partial charge in [-0.05, 0) is 36.9 Å². The first-order chi connectivity index (χ1) is 11.2. The standard InChI is InChI=1S/C18H17ClN2O2/c1-21(9-14-4-2-3-13(5-14)8-20)10-15-6-17(19)7-16-11-22-12-23-18(15)16/h2-7H,9-12H2,1H3. The number of nitriles is 1. The van der Waals surface area contributed by atoms with Crippen LogP contribution in [0.5, 0.6) is 5.75 Å². The molecule has 1 aliphatic rings. The average molecular weight is 329 g/mol. The predicted molar refractivity (Wildman–Crippen MR) is 88.1 cm³/mol. The van der Waals surface area contributed by atoms with Crippen molar-refractivity contribution in [2.45, 2.75) is 19.7 Å². The first-order valence-corrected chi connectivity index (χ1v) is 7.73. The molecule has 0 radical (unpaired) electrons. The Morgan fingerprint density at radius 2 is 2.13 bits per heavy atom. The second-order valence-corrected chi connectivity index (χ2v) is 6.08. The number of ether oxygens (including phenoxy) is 2. The number of nitrogens with zero attached hydrogens (tertiary/aromatic N) is 2. The highest BCUT2D eigenvalue weighted by molar-refractivity contribution is 6.30. The first-order valence-electron chi connectivity index (χ1n) is 7.35. The van der Waals surface area contributed by atoms with Crippen LogP contribution in [0.25, 0.3) is 0 Å². The van der Waals surface area contributed by atoms with Gasteiger partial charge in [-0.2, -0.15) is 5.26 Å². The van der Waals surface area contributed by atoms with Gasteiger partial charge in [0.05, 0.1) is 18.2 Å². The summed E-state index contributed by atoms with van der Waals surface area (Å²) in [6, 6.07) is 13.6. The van der Waals surface area contributed by atoms with E-state index in [-0.39, 0.29) is 6.79 Å². The Hall–Kier alpha value is -2.06. The smallest absolute Gasteiger partial charge is 0.189 e. The van der Waals surface area contributed by atoms with E-state index in [1.165, 1.54) is 0 Å². The molecule has 0 amide bonds. The van der Waals surface area contributed by atoms with Gasteiger partial charge in [-0.15, -0.1) is 0 Å². The molecule has 3 rings (SSSR count). The summed E-state index contributed by atoms with van der Waals surface area (Å²) in [7, 11) is 2.03. The summed E-state index contributed by atoms with van der Waals surface area (Å²) in [4.78, 5) is 2.17. The van der Waals surface area contributed by atoms with E-state index in [1.807, 2.05) is 43.4 Å². The van der Waals surface area contributed by atoms with Crippen molar-refractivity contribution in [3.8, 4) is 11.8 Å². The Morgan fingerprint density at radius 1 is 1.26 bits per heavy atom. The first kappa shape index (κ1) is 15.8. The predicted octanol–water partition coefficient (Wildman–Crippen LogP) is 3.71. The van der Waals surface area contributed by atoms with E-state index in [0.717, 1.165) is 29.0 Å². The maximum Gasteiger partial charge on any atom is 0.189 e. The third kappa shape index (κ3) is 3.83. The van der Waals surface area contributed by atoms with Gasteiger partial charge in [0.25, 0.3) is 0 Å². The van der Waals surface area contributed by atoms with Crippen molar-refractivity contribution in [3.63, 3.8) is 0 Å². The Balaban J connectivity index is 1.76. The number of fused-ring (bicyclic) bond motifs is 1. The van der Waals surface area contributed by atoms with Crippen LogP contribution >= 0.6 is 11.6 Å². The molecule has 2 aromatic carbocycles. The minimum absolute atomic E-state index is 0.273. The Kier molecular flexibility index (Phi) is 4.82. The molecule has 23 heavy (non-hydrogen) atoms. The minimum Gasteiger partial charge on any atom is -0.467 e. The molecule has 0 fully saturated rings. The van der Waals surface area contributed by atoms with Crippen molar-refractivity contribution >= 4 is 11.6 Å². The molecule has 0 unspecified atom stereocenters. The van der Waals surface area contributed by atoms with Crippen molar-refractivity contribution in [3.05, 3.63) is 63.7 Å². The zero-order valence-corrected chi connectivity index (χ0v) is 13.6. The van der Waals surface area contributed by atoms with E-state index in [0.29, 0.717) is 23.7 Å². The van der Waals surface area contributed by atoms with Crippen LogP contribution in [-0.4, -0.2) is 18.7 Å². The van der Waals surface area contributed by atoms with Crippen molar-refractivity contribution in [2.75, 3.05) is 13.8 Å². The molecule has 1 aliphatic heterocycles. The van der Waals surface area contributed by atoms with Gasteiger partial charge >= 0.3 is 0 Å². The molecule has 0 saturated carbocycles. The molecule has 4 nitrogen and oxygen atoms in total. The van der Waals surface area contributed by atoms with Crippen LogP contribution < -0.4 is 4.74 Å². The summed E-state index contributed by atoms with van der Waals surface area (Å²) < 4.78 is 11.0. The molecular weight excluding hydrogens is 312 g/mol. The molecule has 0 bridgehead atoms. The third-order valence-electron chi connectivity index (χ3n) is 3.70. The zero-order valence-electron chi connectivity index (χ0n) is 12.9. The largest absolute Gasteiger partial charge is 0.467 e. The molecule has 2 aromatic rings. The molecule has 0 atom stereocenters. The van der Waals surface area contributed by atoms with Gasteiger partial charge in [-0.3, -0.25) is 4.90 Å². The number of hydrogen-bond acceptors (Lipinski definition) is 4. The summed E-state index contributed by atoms with van der Waals surface area (Å²) in [5.74, 6) is 0.873. The summed E-state index contributed by atoms with van der Waals surface area (Å²) in [6.45, 7) is 2.25. The summed E-state index contributed by atoms with van der Waals surface area (Å²) in [5, 5.41) is 9.68. The summed E-state index contributed by atoms with van der Waals surface area (Å²) >= 11 is 6.20. The van der Waals surface area contributed by atoms with Crippen molar-refractivity contribution < 1.29 is 9.47 Å². The second-order valence-electron chi connectivity index (χ2n) is 5.65. The molecule has 118 valence electrons. The molecule has 0 spiro atoms. The van der Waals surface area contributed by atoms with Crippen molar-refractivity contribution in [1.82, 2.24) is 4.90 Å². The van der Waals surface area contributed by atoms with Crippen LogP contribution in [0.1, 0.15) is 22.3 Å².